The number of hydrogen-bond donors (Lipinski definition) is 3. The van der Waals surface area contributed by atoms with Gasteiger partial charge in [-0.3, -0.25) is 0 Å². The second-order valence-corrected chi connectivity index (χ2v) is 5.53. The fourth-order valence-electron chi connectivity index (χ4n) is 2.13. The molecule has 0 aromatic heterocycles. The molecule has 1 rings (SSSR count). The van der Waals surface area contributed by atoms with Gasteiger partial charge in [-0.15, -0.1) is 0 Å². The van der Waals surface area contributed by atoms with Crippen LogP contribution >= 0.6 is 0 Å². The highest BCUT2D eigenvalue weighted by atomic mass is 16.4. The largest absolute Gasteiger partial charge is 0.480 e. The third kappa shape index (κ3) is 3.87. The van der Waals surface area contributed by atoms with Crippen LogP contribution in [0, 0.1) is 5.92 Å². The van der Waals surface area contributed by atoms with Gasteiger partial charge in [0.15, 0.2) is 0 Å². The first-order valence-electron chi connectivity index (χ1n) is 6.23. The Kier molecular flexibility index (Phi) is 4.56. The van der Waals surface area contributed by atoms with Crippen LogP contribution < -0.4 is 5.32 Å². The molecule has 1 aliphatic heterocycles. The molecule has 6 nitrogen and oxygen atoms in total. The summed E-state index contributed by atoms with van der Waals surface area (Å²) in [7, 11) is 0. The number of nitrogens with one attached hydrogen (secondary N) is 1. The van der Waals surface area contributed by atoms with Gasteiger partial charge in [0.25, 0.3) is 0 Å². The molecule has 1 heterocycles. The fraction of sp³-hybridized carbons (Fsp3) is 0.833. The number of aliphatic hydroxyl groups is 1. The van der Waals surface area contributed by atoms with E-state index in [-0.39, 0.29) is 12.5 Å². The van der Waals surface area contributed by atoms with Crippen molar-refractivity contribution in [3.8, 4) is 0 Å². The van der Waals surface area contributed by atoms with Crippen molar-refractivity contribution in [2.24, 2.45) is 5.92 Å². The zero-order valence-electron chi connectivity index (χ0n) is 11.1. The van der Waals surface area contributed by atoms with Crippen molar-refractivity contribution in [3.63, 3.8) is 0 Å². The van der Waals surface area contributed by atoms with Gasteiger partial charge in [-0.1, -0.05) is 13.8 Å². The van der Waals surface area contributed by atoms with Gasteiger partial charge in [-0.05, 0) is 25.7 Å². The molecule has 3 N–H and O–H groups in total. The molecule has 1 aliphatic rings. The summed E-state index contributed by atoms with van der Waals surface area (Å²) >= 11 is 0. The summed E-state index contributed by atoms with van der Waals surface area (Å²) in [5.41, 5.74) is -0.883. The van der Waals surface area contributed by atoms with Crippen molar-refractivity contribution in [2.45, 2.75) is 45.3 Å². The third-order valence-corrected chi connectivity index (χ3v) is 3.17. The second kappa shape index (κ2) is 5.56. The minimum Gasteiger partial charge on any atom is -0.480 e. The lowest BCUT2D eigenvalue weighted by atomic mass is 9.95. The average molecular weight is 258 g/mol. The van der Waals surface area contributed by atoms with E-state index in [9.17, 15) is 14.7 Å². The SMILES string of the molecule is CC(C)C(NC(=O)N1CCCC(C)(O)C1)C(=O)O. The van der Waals surface area contributed by atoms with Crippen molar-refractivity contribution in [3.05, 3.63) is 0 Å². The van der Waals surface area contributed by atoms with E-state index < -0.39 is 23.6 Å². The minimum atomic E-state index is -1.04. The quantitative estimate of drug-likeness (QED) is 0.693. The Balaban J connectivity index is 2.61. The number of likely N-dealkylation sites (tertiary alicyclic amines) is 1. The number of amides is 2. The second-order valence-electron chi connectivity index (χ2n) is 5.53. The van der Waals surface area contributed by atoms with Crippen molar-refractivity contribution in [2.75, 3.05) is 13.1 Å². The number of urea groups is 1. The maximum Gasteiger partial charge on any atom is 0.326 e. The van der Waals surface area contributed by atoms with E-state index in [0.29, 0.717) is 13.0 Å². The molecule has 0 spiro atoms. The van der Waals surface area contributed by atoms with E-state index in [4.69, 9.17) is 5.11 Å². The number of β-amino-alcohol motifs (C(OH)–C–C–N with tert-alkyl or cyclic N) is 1. The van der Waals surface area contributed by atoms with Crippen molar-refractivity contribution in [1.29, 1.82) is 0 Å². The van der Waals surface area contributed by atoms with E-state index in [1.54, 1.807) is 20.8 Å². The molecule has 18 heavy (non-hydrogen) atoms. The van der Waals surface area contributed by atoms with Crippen LogP contribution in [-0.4, -0.2) is 51.8 Å². The highest BCUT2D eigenvalue weighted by Crippen LogP contribution is 2.20. The highest BCUT2D eigenvalue weighted by Gasteiger charge is 2.33. The van der Waals surface area contributed by atoms with Gasteiger partial charge >= 0.3 is 12.0 Å². The number of carbonyl (C=O) groups excluding carboxylic acids is 1. The predicted octanol–water partition coefficient (Wildman–Crippen LogP) is 0.652. The van der Waals surface area contributed by atoms with E-state index >= 15 is 0 Å². The summed E-state index contributed by atoms with van der Waals surface area (Å²) in [6.45, 7) is 5.95. The van der Waals surface area contributed by atoms with Crippen LogP contribution in [0.25, 0.3) is 0 Å². The van der Waals surface area contributed by atoms with Crippen LogP contribution in [0.5, 0.6) is 0 Å². The topological polar surface area (TPSA) is 89.9 Å². The molecular formula is C12H22N2O4. The molecule has 1 fully saturated rings. The first-order chi connectivity index (χ1) is 8.23. The molecule has 2 unspecified atom stereocenters. The number of carboxylic acids is 1. The lowest BCUT2D eigenvalue weighted by Gasteiger charge is -2.37. The highest BCUT2D eigenvalue weighted by molar-refractivity contribution is 5.82. The van der Waals surface area contributed by atoms with Gasteiger partial charge in [-0.2, -0.15) is 0 Å². The van der Waals surface area contributed by atoms with Crippen molar-refractivity contribution >= 4 is 12.0 Å². The summed E-state index contributed by atoms with van der Waals surface area (Å²) in [5, 5.41) is 21.4. The zero-order chi connectivity index (χ0) is 13.9. The summed E-state index contributed by atoms with van der Waals surface area (Å²) in [5.74, 6) is -1.22. The summed E-state index contributed by atoms with van der Waals surface area (Å²) in [6.07, 6.45) is 1.38. The lowest BCUT2D eigenvalue weighted by molar-refractivity contribution is -0.140. The first kappa shape index (κ1) is 14.8. The van der Waals surface area contributed by atoms with Gasteiger partial charge in [0.2, 0.25) is 0 Å². The molecule has 2 amide bonds. The number of rotatable bonds is 3. The van der Waals surface area contributed by atoms with Gasteiger partial charge < -0.3 is 20.4 Å². The molecule has 0 radical (unpaired) electrons. The minimum absolute atomic E-state index is 0.184. The van der Waals surface area contributed by atoms with Crippen LogP contribution in [0.2, 0.25) is 0 Å². The maximum atomic E-state index is 11.9. The van der Waals surface area contributed by atoms with E-state index in [1.807, 2.05) is 0 Å². The molecule has 0 bridgehead atoms. The normalized spacial score (nSPS) is 25.9. The van der Waals surface area contributed by atoms with Crippen LogP contribution in [-0.2, 0) is 4.79 Å². The Morgan fingerprint density at radius 1 is 1.39 bits per heavy atom. The van der Waals surface area contributed by atoms with Crippen LogP contribution in [0.15, 0.2) is 0 Å². The van der Waals surface area contributed by atoms with Gasteiger partial charge in [0.05, 0.1) is 12.1 Å². The van der Waals surface area contributed by atoms with Crippen LogP contribution in [0.3, 0.4) is 0 Å². The van der Waals surface area contributed by atoms with E-state index in [2.05, 4.69) is 5.32 Å². The fourth-order valence-corrected chi connectivity index (χ4v) is 2.13. The Hall–Kier alpha value is -1.30. The van der Waals surface area contributed by atoms with Gasteiger partial charge in [-0.25, -0.2) is 9.59 Å². The van der Waals surface area contributed by atoms with Crippen molar-refractivity contribution < 1.29 is 19.8 Å². The van der Waals surface area contributed by atoms with Gasteiger partial charge in [0, 0.05) is 6.54 Å². The Morgan fingerprint density at radius 2 is 2.00 bits per heavy atom. The number of carbonyl (C=O) groups is 2. The summed E-state index contributed by atoms with van der Waals surface area (Å²) < 4.78 is 0. The summed E-state index contributed by atoms with van der Waals surface area (Å²) in [4.78, 5) is 24.4. The molecule has 0 aromatic rings. The van der Waals surface area contributed by atoms with Crippen LogP contribution in [0.4, 0.5) is 4.79 Å². The zero-order valence-corrected chi connectivity index (χ0v) is 11.1. The molecule has 2 atom stereocenters. The molecule has 0 aliphatic carbocycles. The van der Waals surface area contributed by atoms with Gasteiger partial charge in [0.1, 0.15) is 6.04 Å². The Labute approximate surface area is 107 Å². The first-order valence-corrected chi connectivity index (χ1v) is 6.23. The summed E-state index contributed by atoms with van der Waals surface area (Å²) in [6, 6.07) is -1.32. The predicted molar refractivity (Wildman–Crippen MR) is 66.2 cm³/mol. The van der Waals surface area contributed by atoms with Crippen molar-refractivity contribution in [1.82, 2.24) is 10.2 Å². The van der Waals surface area contributed by atoms with E-state index in [1.165, 1.54) is 4.90 Å². The number of nitrogens with zero attached hydrogens (tertiary/aromatic N) is 1. The number of carboxylic acid groups (broad SMARTS) is 1. The standard InChI is InChI=1S/C12H22N2O4/c1-8(2)9(10(15)16)13-11(17)14-6-4-5-12(3,18)7-14/h8-9,18H,4-7H2,1-3H3,(H,13,17)(H,15,16). The number of piperidine rings is 1. The molecule has 0 saturated carbocycles. The molecule has 0 aromatic carbocycles. The molecule has 6 heteroatoms. The third-order valence-electron chi connectivity index (χ3n) is 3.17. The average Bonchev–Trinajstić information content (AvgIpc) is 2.23. The van der Waals surface area contributed by atoms with E-state index in [0.717, 1.165) is 6.42 Å². The number of aliphatic carboxylic acids is 1. The Bertz CT molecular complexity index is 328. The lowest BCUT2D eigenvalue weighted by Crippen LogP contribution is -2.55. The monoisotopic (exact) mass is 258 g/mol. The number of hydrogen-bond acceptors (Lipinski definition) is 3. The Morgan fingerprint density at radius 3 is 2.44 bits per heavy atom. The molecule has 1 saturated heterocycles. The maximum absolute atomic E-state index is 11.9. The molecular weight excluding hydrogens is 236 g/mol. The molecule has 104 valence electrons. The van der Waals surface area contributed by atoms with Crippen LogP contribution in [0.1, 0.15) is 33.6 Å². The smallest absolute Gasteiger partial charge is 0.326 e.